The van der Waals surface area contributed by atoms with E-state index < -0.39 is 0 Å². The standard InChI is InChI=1S/C11H16BClO2S/c1-7-8(13)6-9(16-7)12-14-10(2,3)11(4,5)15-12/h6H,1-5H3. The van der Waals surface area contributed by atoms with Gasteiger partial charge in [0.25, 0.3) is 0 Å². The fourth-order valence-corrected chi connectivity index (χ4v) is 2.73. The molecule has 0 saturated carbocycles. The molecule has 1 saturated heterocycles. The van der Waals surface area contributed by atoms with Gasteiger partial charge in [-0.2, -0.15) is 0 Å². The van der Waals surface area contributed by atoms with Crippen molar-refractivity contribution in [3.05, 3.63) is 16.0 Å². The molecule has 0 spiro atoms. The Morgan fingerprint density at radius 1 is 1.19 bits per heavy atom. The van der Waals surface area contributed by atoms with Crippen molar-refractivity contribution in [2.75, 3.05) is 0 Å². The van der Waals surface area contributed by atoms with E-state index >= 15 is 0 Å². The van der Waals surface area contributed by atoms with Crippen molar-refractivity contribution in [3.63, 3.8) is 0 Å². The van der Waals surface area contributed by atoms with Crippen molar-refractivity contribution in [1.82, 2.24) is 0 Å². The van der Waals surface area contributed by atoms with Gasteiger partial charge in [0.2, 0.25) is 0 Å². The molecular formula is C11H16BClO2S. The SMILES string of the molecule is Cc1sc(B2OC(C)(C)C(C)(C)O2)cc1Cl. The number of thiophene rings is 1. The first-order valence-electron chi connectivity index (χ1n) is 5.34. The van der Waals surface area contributed by atoms with E-state index in [9.17, 15) is 0 Å². The topological polar surface area (TPSA) is 18.5 Å². The lowest BCUT2D eigenvalue weighted by atomic mass is 9.88. The molecular weight excluding hydrogens is 242 g/mol. The van der Waals surface area contributed by atoms with Gasteiger partial charge in [0, 0.05) is 9.65 Å². The summed E-state index contributed by atoms with van der Waals surface area (Å²) in [5.41, 5.74) is -0.579. The molecule has 16 heavy (non-hydrogen) atoms. The molecule has 5 heteroatoms. The predicted molar refractivity (Wildman–Crippen MR) is 69.8 cm³/mol. The van der Waals surface area contributed by atoms with E-state index in [2.05, 4.69) is 27.7 Å². The van der Waals surface area contributed by atoms with E-state index in [1.54, 1.807) is 11.3 Å². The Balaban J connectivity index is 2.27. The van der Waals surface area contributed by atoms with Gasteiger partial charge in [-0.1, -0.05) is 11.6 Å². The highest BCUT2D eigenvalue weighted by Gasteiger charge is 2.52. The second-order valence-corrected chi connectivity index (χ2v) is 6.84. The number of aryl methyl sites for hydroxylation is 1. The molecule has 0 radical (unpaired) electrons. The third kappa shape index (κ3) is 1.92. The van der Waals surface area contributed by atoms with Gasteiger partial charge in [0.1, 0.15) is 0 Å². The van der Waals surface area contributed by atoms with Gasteiger partial charge in [-0.05, 0) is 40.7 Å². The van der Waals surface area contributed by atoms with E-state index in [4.69, 9.17) is 20.9 Å². The highest BCUT2D eigenvalue weighted by Crippen LogP contribution is 2.37. The predicted octanol–water partition coefficient (Wildman–Crippen LogP) is 3.01. The van der Waals surface area contributed by atoms with Gasteiger partial charge >= 0.3 is 7.12 Å². The third-order valence-electron chi connectivity index (χ3n) is 3.36. The van der Waals surface area contributed by atoms with Crippen molar-refractivity contribution in [1.29, 1.82) is 0 Å². The molecule has 0 bridgehead atoms. The quantitative estimate of drug-likeness (QED) is 0.721. The van der Waals surface area contributed by atoms with E-state index in [-0.39, 0.29) is 18.3 Å². The van der Waals surface area contributed by atoms with Crippen LogP contribution in [0.3, 0.4) is 0 Å². The Bertz CT molecular complexity index is 379. The third-order valence-corrected chi connectivity index (χ3v) is 4.94. The summed E-state index contributed by atoms with van der Waals surface area (Å²) in [6, 6.07) is 1.93. The van der Waals surface area contributed by atoms with Crippen LogP contribution in [0, 0.1) is 6.92 Å². The van der Waals surface area contributed by atoms with Gasteiger partial charge in [0.05, 0.1) is 16.2 Å². The van der Waals surface area contributed by atoms with Crippen LogP contribution in [0.2, 0.25) is 5.02 Å². The van der Waals surface area contributed by atoms with Crippen LogP contribution in [-0.4, -0.2) is 18.3 Å². The monoisotopic (exact) mass is 258 g/mol. The molecule has 0 N–H and O–H groups in total. The molecule has 1 aliphatic heterocycles. The minimum absolute atomic E-state index is 0.290. The van der Waals surface area contributed by atoms with Gasteiger partial charge in [-0.3, -0.25) is 0 Å². The molecule has 2 heterocycles. The van der Waals surface area contributed by atoms with Crippen LogP contribution in [0.1, 0.15) is 32.6 Å². The zero-order valence-electron chi connectivity index (χ0n) is 10.3. The average Bonchev–Trinajstić information content (AvgIpc) is 2.54. The van der Waals surface area contributed by atoms with Crippen LogP contribution >= 0.6 is 22.9 Å². The Labute approximate surface area is 106 Å². The lowest BCUT2D eigenvalue weighted by Crippen LogP contribution is -2.41. The minimum Gasteiger partial charge on any atom is -0.399 e. The largest absolute Gasteiger partial charge is 0.505 e. The Morgan fingerprint density at radius 3 is 2.06 bits per heavy atom. The van der Waals surface area contributed by atoms with Crippen molar-refractivity contribution in [3.8, 4) is 0 Å². The molecule has 0 aromatic carbocycles. The van der Waals surface area contributed by atoms with E-state index in [1.807, 2.05) is 13.0 Å². The summed E-state index contributed by atoms with van der Waals surface area (Å²) in [7, 11) is -0.291. The lowest BCUT2D eigenvalue weighted by Gasteiger charge is -2.32. The number of hydrogen-bond donors (Lipinski definition) is 0. The van der Waals surface area contributed by atoms with Crippen LogP contribution in [0.25, 0.3) is 0 Å². The maximum absolute atomic E-state index is 6.05. The smallest absolute Gasteiger partial charge is 0.399 e. The first-order chi connectivity index (χ1) is 7.23. The Morgan fingerprint density at radius 2 is 1.69 bits per heavy atom. The molecule has 1 aromatic rings. The normalized spacial score (nSPS) is 22.8. The first kappa shape index (κ1) is 12.4. The molecule has 2 rings (SSSR count). The summed E-state index contributed by atoms with van der Waals surface area (Å²) < 4.78 is 12.9. The van der Waals surface area contributed by atoms with Gasteiger partial charge in [0.15, 0.2) is 0 Å². The van der Waals surface area contributed by atoms with E-state index in [1.165, 1.54) is 0 Å². The molecule has 0 amide bonds. The second kappa shape index (κ2) is 3.74. The summed E-state index contributed by atoms with van der Waals surface area (Å²) in [6.07, 6.45) is 0. The highest BCUT2D eigenvalue weighted by atomic mass is 35.5. The molecule has 0 unspecified atom stereocenters. The summed E-state index contributed by atoms with van der Waals surface area (Å²) in [4.78, 5) is 1.10. The average molecular weight is 259 g/mol. The zero-order chi connectivity index (χ0) is 12.1. The summed E-state index contributed by atoms with van der Waals surface area (Å²) >= 11 is 7.68. The number of rotatable bonds is 1. The summed E-state index contributed by atoms with van der Waals surface area (Å²) in [6.45, 7) is 10.2. The molecule has 88 valence electrons. The van der Waals surface area contributed by atoms with Gasteiger partial charge < -0.3 is 9.31 Å². The molecule has 1 aromatic heterocycles. The Kier molecular flexibility index (Phi) is 2.90. The molecule has 1 aliphatic rings. The number of halogens is 1. The fraction of sp³-hybridized carbons (Fsp3) is 0.636. The molecule has 0 atom stereocenters. The van der Waals surface area contributed by atoms with Crippen molar-refractivity contribution in [2.24, 2.45) is 0 Å². The summed E-state index contributed by atoms with van der Waals surface area (Å²) in [5, 5.41) is 0.787. The molecule has 2 nitrogen and oxygen atoms in total. The van der Waals surface area contributed by atoms with Crippen LogP contribution in [0.4, 0.5) is 0 Å². The molecule has 0 aliphatic carbocycles. The van der Waals surface area contributed by atoms with Crippen molar-refractivity contribution in [2.45, 2.75) is 45.8 Å². The van der Waals surface area contributed by atoms with Crippen molar-refractivity contribution >= 4 is 34.8 Å². The van der Waals surface area contributed by atoms with Gasteiger partial charge in [-0.25, -0.2) is 0 Å². The first-order valence-corrected chi connectivity index (χ1v) is 6.54. The molecule has 1 fully saturated rings. The second-order valence-electron chi connectivity index (χ2n) is 5.14. The summed E-state index contributed by atoms with van der Waals surface area (Å²) in [5.74, 6) is 0. The maximum atomic E-state index is 6.05. The van der Waals surface area contributed by atoms with Crippen molar-refractivity contribution < 1.29 is 9.31 Å². The van der Waals surface area contributed by atoms with E-state index in [0.717, 1.165) is 14.7 Å². The Hall–Kier alpha value is -0.0251. The lowest BCUT2D eigenvalue weighted by molar-refractivity contribution is 0.00578. The van der Waals surface area contributed by atoms with Crippen LogP contribution in [-0.2, 0) is 9.31 Å². The van der Waals surface area contributed by atoms with Crippen LogP contribution in [0.5, 0.6) is 0 Å². The minimum atomic E-state index is -0.291. The van der Waals surface area contributed by atoms with Crippen LogP contribution < -0.4 is 4.78 Å². The fourth-order valence-electron chi connectivity index (χ4n) is 1.56. The zero-order valence-corrected chi connectivity index (χ0v) is 11.8. The van der Waals surface area contributed by atoms with Gasteiger partial charge in [-0.15, -0.1) is 11.3 Å². The maximum Gasteiger partial charge on any atom is 0.505 e. The van der Waals surface area contributed by atoms with Crippen LogP contribution in [0.15, 0.2) is 6.07 Å². The number of hydrogen-bond acceptors (Lipinski definition) is 3. The van der Waals surface area contributed by atoms with E-state index in [0.29, 0.717) is 0 Å². The highest BCUT2D eigenvalue weighted by molar-refractivity contribution is 7.22.